The van der Waals surface area contributed by atoms with E-state index in [0.717, 1.165) is 12.8 Å². The molecule has 1 amide bonds. The normalized spacial score (nSPS) is 16.7. The molecule has 0 atom stereocenters. The van der Waals surface area contributed by atoms with Crippen LogP contribution in [-0.2, 0) is 11.3 Å². The van der Waals surface area contributed by atoms with Gasteiger partial charge in [-0.3, -0.25) is 4.79 Å². The summed E-state index contributed by atoms with van der Waals surface area (Å²) in [6.45, 7) is 0.137. The second-order valence-electron chi connectivity index (χ2n) is 5.62. The first-order valence-electron chi connectivity index (χ1n) is 7.47. The Morgan fingerprint density at radius 3 is 2.60 bits per heavy atom. The second-order valence-corrected chi connectivity index (χ2v) is 5.62. The van der Waals surface area contributed by atoms with Gasteiger partial charge in [-0.05, 0) is 37.0 Å². The molecule has 3 N–H and O–H groups in total. The number of carbonyl (C=O) groups is 1. The summed E-state index contributed by atoms with van der Waals surface area (Å²) in [6.07, 6.45) is 7.88. The van der Waals surface area contributed by atoms with Crippen LogP contribution in [0.2, 0.25) is 0 Å². The maximum atomic E-state index is 13.3. The lowest BCUT2D eigenvalue weighted by atomic mass is 9.96. The van der Waals surface area contributed by atoms with Gasteiger partial charge >= 0.3 is 0 Å². The van der Waals surface area contributed by atoms with Crippen LogP contribution >= 0.6 is 0 Å². The highest BCUT2D eigenvalue weighted by Gasteiger charge is 2.16. The average Bonchev–Trinajstić information content (AvgIpc) is 2.69. The van der Waals surface area contributed by atoms with Crippen molar-refractivity contribution in [3.63, 3.8) is 0 Å². The maximum absolute atomic E-state index is 13.3. The Hall–Kier alpha value is -1.42. The monoisotopic (exact) mass is 278 g/mol. The van der Waals surface area contributed by atoms with Crippen LogP contribution in [0, 0.1) is 11.7 Å². The van der Waals surface area contributed by atoms with Crippen molar-refractivity contribution >= 4 is 11.6 Å². The van der Waals surface area contributed by atoms with Crippen molar-refractivity contribution in [3.8, 4) is 0 Å². The Kier molecular flexibility index (Phi) is 5.53. The zero-order valence-corrected chi connectivity index (χ0v) is 11.8. The zero-order chi connectivity index (χ0) is 14.4. The fourth-order valence-electron chi connectivity index (χ4n) is 2.85. The molecule has 20 heavy (non-hydrogen) atoms. The largest absolute Gasteiger partial charge is 0.326 e. The highest BCUT2D eigenvalue weighted by atomic mass is 19.1. The van der Waals surface area contributed by atoms with Gasteiger partial charge in [-0.2, -0.15) is 0 Å². The number of nitrogens with one attached hydrogen (secondary N) is 1. The summed E-state index contributed by atoms with van der Waals surface area (Å²) in [5, 5.41) is 2.85. The Morgan fingerprint density at radius 2 is 1.95 bits per heavy atom. The van der Waals surface area contributed by atoms with E-state index >= 15 is 0 Å². The minimum atomic E-state index is -0.325. The maximum Gasteiger partial charge on any atom is 0.224 e. The van der Waals surface area contributed by atoms with Crippen LogP contribution in [0.15, 0.2) is 18.2 Å². The lowest BCUT2D eigenvalue weighted by molar-refractivity contribution is -0.117. The molecule has 0 saturated heterocycles. The van der Waals surface area contributed by atoms with Crippen molar-refractivity contribution in [2.45, 2.75) is 51.5 Å². The molecule has 1 aliphatic carbocycles. The number of amides is 1. The van der Waals surface area contributed by atoms with Crippen LogP contribution in [0.5, 0.6) is 0 Å². The first-order valence-corrected chi connectivity index (χ1v) is 7.47. The number of nitrogens with two attached hydrogens (primary N) is 1. The smallest absolute Gasteiger partial charge is 0.224 e. The van der Waals surface area contributed by atoms with Crippen molar-refractivity contribution < 1.29 is 9.18 Å². The summed E-state index contributed by atoms with van der Waals surface area (Å²) < 4.78 is 13.3. The lowest BCUT2D eigenvalue weighted by Crippen LogP contribution is -2.16. The average molecular weight is 278 g/mol. The second kappa shape index (κ2) is 7.39. The van der Waals surface area contributed by atoms with Crippen LogP contribution in [0.1, 0.15) is 50.5 Å². The van der Waals surface area contributed by atoms with Gasteiger partial charge in [-0.15, -0.1) is 0 Å². The highest BCUT2D eigenvalue weighted by Crippen LogP contribution is 2.26. The molecule has 4 heteroatoms. The number of carbonyl (C=O) groups excluding carboxylic acids is 1. The molecule has 0 radical (unpaired) electrons. The molecule has 0 aromatic heterocycles. The molecule has 1 fully saturated rings. The van der Waals surface area contributed by atoms with Gasteiger partial charge in [-0.1, -0.05) is 25.7 Å². The fraction of sp³-hybridized carbons (Fsp3) is 0.562. The number of hydrogen-bond acceptors (Lipinski definition) is 2. The summed E-state index contributed by atoms with van der Waals surface area (Å²) >= 11 is 0. The van der Waals surface area contributed by atoms with Gasteiger partial charge in [0, 0.05) is 24.2 Å². The lowest BCUT2D eigenvalue weighted by Gasteiger charge is -2.14. The van der Waals surface area contributed by atoms with E-state index in [4.69, 9.17) is 5.73 Å². The van der Waals surface area contributed by atoms with E-state index in [1.165, 1.54) is 31.7 Å². The first-order chi connectivity index (χ1) is 9.69. The van der Waals surface area contributed by atoms with Crippen LogP contribution in [0.4, 0.5) is 10.1 Å². The van der Waals surface area contributed by atoms with E-state index in [-0.39, 0.29) is 18.3 Å². The third-order valence-corrected chi connectivity index (χ3v) is 4.00. The predicted molar refractivity (Wildman–Crippen MR) is 78.7 cm³/mol. The first kappa shape index (κ1) is 15.0. The van der Waals surface area contributed by atoms with Crippen molar-refractivity contribution in [3.05, 3.63) is 29.6 Å². The van der Waals surface area contributed by atoms with Gasteiger partial charge in [0.2, 0.25) is 5.91 Å². The molecular weight excluding hydrogens is 255 g/mol. The number of anilines is 1. The van der Waals surface area contributed by atoms with Crippen molar-refractivity contribution in [1.29, 1.82) is 0 Å². The van der Waals surface area contributed by atoms with Crippen LogP contribution in [0.25, 0.3) is 0 Å². The third kappa shape index (κ3) is 4.30. The molecule has 0 unspecified atom stereocenters. The minimum absolute atomic E-state index is 0.0199. The summed E-state index contributed by atoms with van der Waals surface area (Å²) in [5.41, 5.74) is 6.52. The van der Waals surface area contributed by atoms with E-state index in [0.29, 0.717) is 23.6 Å². The summed E-state index contributed by atoms with van der Waals surface area (Å²) in [5.74, 6) is 0.188. The predicted octanol–water partition coefficient (Wildman–Crippen LogP) is 3.58. The number of benzene rings is 1. The molecule has 0 aliphatic heterocycles. The molecule has 1 saturated carbocycles. The molecule has 0 heterocycles. The van der Waals surface area contributed by atoms with Crippen LogP contribution in [0.3, 0.4) is 0 Å². The van der Waals surface area contributed by atoms with Crippen molar-refractivity contribution in [2.75, 3.05) is 5.32 Å². The molecule has 0 spiro atoms. The highest BCUT2D eigenvalue weighted by molar-refractivity contribution is 5.90. The number of rotatable bonds is 4. The van der Waals surface area contributed by atoms with Gasteiger partial charge in [0.15, 0.2) is 0 Å². The topological polar surface area (TPSA) is 55.1 Å². The van der Waals surface area contributed by atoms with Gasteiger partial charge < -0.3 is 11.1 Å². The van der Waals surface area contributed by atoms with Gasteiger partial charge in [-0.25, -0.2) is 4.39 Å². The molecule has 3 nitrogen and oxygen atoms in total. The van der Waals surface area contributed by atoms with E-state index in [1.54, 1.807) is 12.1 Å². The molecular formula is C16H23FN2O. The van der Waals surface area contributed by atoms with Crippen molar-refractivity contribution in [2.24, 2.45) is 11.7 Å². The van der Waals surface area contributed by atoms with Gasteiger partial charge in [0.25, 0.3) is 0 Å². The van der Waals surface area contributed by atoms with E-state index in [2.05, 4.69) is 5.32 Å². The molecule has 0 bridgehead atoms. The third-order valence-electron chi connectivity index (χ3n) is 4.00. The molecule has 1 aromatic rings. The molecule has 1 aliphatic rings. The minimum Gasteiger partial charge on any atom is -0.326 e. The molecule has 1 aromatic carbocycles. The Morgan fingerprint density at radius 1 is 1.25 bits per heavy atom. The van der Waals surface area contributed by atoms with Crippen LogP contribution < -0.4 is 11.1 Å². The quantitative estimate of drug-likeness (QED) is 0.827. The van der Waals surface area contributed by atoms with Crippen molar-refractivity contribution in [1.82, 2.24) is 0 Å². The van der Waals surface area contributed by atoms with E-state index < -0.39 is 0 Å². The Bertz CT molecular complexity index is 454. The molecule has 2 rings (SSSR count). The van der Waals surface area contributed by atoms with E-state index in [1.807, 2.05) is 0 Å². The van der Waals surface area contributed by atoms with Gasteiger partial charge in [0.1, 0.15) is 5.82 Å². The molecule has 110 valence electrons. The standard InChI is InChI=1S/C16H23FN2O/c17-15-8-7-14(10-13(15)11-18)19-16(20)9-12-5-3-1-2-4-6-12/h7-8,10,12H,1-6,9,11,18H2,(H,19,20). The van der Waals surface area contributed by atoms with Gasteiger partial charge in [0.05, 0.1) is 0 Å². The fourth-order valence-corrected chi connectivity index (χ4v) is 2.85. The SMILES string of the molecule is NCc1cc(NC(=O)CC2CCCCCC2)ccc1F. The summed E-state index contributed by atoms with van der Waals surface area (Å²) in [4.78, 5) is 12.0. The number of halogens is 1. The van der Waals surface area contributed by atoms with Crippen LogP contribution in [-0.4, -0.2) is 5.91 Å². The Balaban J connectivity index is 1.90. The summed E-state index contributed by atoms with van der Waals surface area (Å²) in [7, 11) is 0. The van der Waals surface area contributed by atoms with E-state index in [9.17, 15) is 9.18 Å². The number of hydrogen-bond donors (Lipinski definition) is 2. The Labute approximate surface area is 119 Å². The zero-order valence-electron chi connectivity index (χ0n) is 11.8. The summed E-state index contributed by atoms with van der Waals surface area (Å²) in [6, 6.07) is 4.54.